The molecular formula is C8H19N3O. The molecule has 1 N–H and O–H groups in total. The van der Waals surface area contributed by atoms with E-state index in [0.29, 0.717) is 6.54 Å². The lowest BCUT2D eigenvalue weighted by molar-refractivity contribution is 0.343. The molecule has 0 unspecified atom stereocenters. The van der Waals surface area contributed by atoms with Gasteiger partial charge >= 0.3 is 0 Å². The maximum absolute atomic E-state index is 10.0. The summed E-state index contributed by atoms with van der Waals surface area (Å²) in [5.41, 5.74) is -0.169. The van der Waals surface area contributed by atoms with Crippen molar-refractivity contribution in [3.8, 4) is 0 Å². The van der Waals surface area contributed by atoms with Crippen molar-refractivity contribution in [2.24, 2.45) is 5.18 Å². The van der Waals surface area contributed by atoms with Gasteiger partial charge in [-0.25, -0.2) is 0 Å². The first-order chi connectivity index (χ1) is 5.48. The smallest absolute Gasteiger partial charge is 0.0987 e. The molecule has 0 rings (SSSR count). The highest BCUT2D eigenvalue weighted by molar-refractivity contribution is 4.79. The quantitative estimate of drug-likeness (QED) is 0.601. The minimum Gasteiger partial charge on any atom is -0.309 e. The summed E-state index contributed by atoms with van der Waals surface area (Å²) in [6.07, 6.45) is 0. The van der Waals surface area contributed by atoms with Crippen LogP contribution in [-0.2, 0) is 0 Å². The van der Waals surface area contributed by atoms with Crippen molar-refractivity contribution in [2.45, 2.75) is 19.4 Å². The Morgan fingerprint density at radius 1 is 1.42 bits per heavy atom. The summed E-state index contributed by atoms with van der Waals surface area (Å²) in [5.74, 6) is 0. The highest BCUT2D eigenvalue weighted by Crippen LogP contribution is 2.00. The van der Waals surface area contributed by atoms with Crippen LogP contribution in [-0.4, -0.2) is 44.2 Å². The van der Waals surface area contributed by atoms with Gasteiger partial charge in [-0.05, 0) is 27.9 Å². The highest BCUT2D eigenvalue weighted by Gasteiger charge is 2.16. The largest absolute Gasteiger partial charge is 0.309 e. The molecule has 0 spiro atoms. The number of nitroso groups, excluding NO2 is 1. The third-order valence-corrected chi connectivity index (χ3v) is 1.62. The molecule has 12 heavy (non-hydrogen) atoms. The van der Waals surface area contributed by atoms with Crippen LogP contribution in [0, 0.1) is 4.91 Å². The van der Waals surface area contributed by atoms with Crippen LogP contribution in [0.1, 0.15) is 13.8 Å². The molecule has 0 aromatic carbocycles. The number of hydrogen-bond acceptors (Lipinski definition) is 4. The van der Waals surface area contributed by atoms with Crippen LogP contribution in [0.2, 0.25) is 0 Å². The van der Waals surface area contributed by atoms with Crippen LogP contribution < -0.4 is 5.32 Å². The van der Waals surface area contributed by atoms with Crippen molar-refractivity contribution in [3.05, 3.63) is 4.91 Å². The summed E-state index contributed by atoms with van der Waals surface area (Å²) in [4.78, 5) is 12.1. The fraction of sp³-hybridized carbons (Fsp3) is 1.00. The van der Waals surface area contributed by atoms with Crippen molar-refractivity contribution in [1.82, 2.24) is 10.2 Å². The predicted molar refractivity (Wildman–Crippen MR) is 51.3 cm³/mol. The molecule has 4 heteroatoms. The molecule has 0 fully saturated rings. The van der Waals surface area contributed by atoms with E-state index in [1.54, 1.807) is 0 Å². The maximum Gasteiger partial charge on any atom is 0.0987 e. The van der Waals surface area contributed by atoms with E-state index < -0.39 is 0 Å². The third kappa shape index (κ3) is 6.24. The van der Waals surface area contributed by atoms with Gasteiger partial charge in [0.2, 0.25) is 0 Å². The molecule has 0 bridgehead atoms. The molecule has 72 valence electrons. The van der Waals surface area contributed by atoms with Gasteiger partial charge in [0.05, 0.1) is 6.54 Å². The standard InChI is InChI=1S/C8H19N3O/c1-8(2,7-10-12)9-5-6-11(3)4/h9H,5-7H2,1-4H3. The number of nitrogens with zero attached hydrogens (tertiary/aromatic N) is 2. The Balaban J connectivity index is 3.53. The lowest BCUT2D eigenvalue weighted by Gasteiger charge is -2.23. The number of rotatable bonds is 6. The first kappa shape index (κ1) is 11.5. The first-order valence-corrected chi connectivity index (χ1v) is 4.17. The summed E-state index contributed by atoms with van der Waals surface area (Å²) in [7, 11) is 4.04. The fourth-order valence-electron chi connectivity index (χ4n) is 0.835. The predicted octanol–water partition coefficient (Wildman–Crippen LogP) is 0.683. The SMILES string of the molecule is CN(C)CCNC(C)(C)CN=O. The van der Waals surface area contributed by atoms with E-state index >= 15 is 0 Å². The molecule has 0 aromatic rings. The van der Waals surface area contributed by atoms with Gasteiger partial charge in [0.25, 0.3) is 0 Å². The van der Waals surface area contributed by atoms with E-state index in [1.165, 1.54) is 0 Å². The van der Waals surface area contributed by atoms with Gasteiger partial charge < -0.3 is 10.2 Å². The molecule has 0 aliphatic rings. The normalized spacial score (nSPS) is 12.1. The van der Waals surface area contributed by atoms with E-state index in [9.17, 15) is 4.91 Å². The Hall–Kier alpha value is -0.480. The number of likely N-dealkylation sites (N-methyl/N-ethyl adjacent to an activating group) is 1. The van der Waals surface area contributed by atoms with E-state index in [2.05, 4.69) is 15.4 Å². The Labute approximate surface area is 74.3 Å². The van der Waals surface area contributed by atoms with Crippen LogP contribution in [0.4, 0.5) is 0 Å². The molecule has 0 aliphatic heterocycles. The summed E-state index contributed by atoms with van der Waals surface area (Å²) in [5, 5.41) is 6.13. The van der Waals surface area contributed by atoms with E-state index in [1.807, 2.05) is 27.9 Å². The molecule has 0 radical (unpaired) electrons. The van der Waals surface area contributed by atoms with Gasteiger partial charge in [-0.15, -0.1) is 0 Å². The zero-order valence-corrected chi connectivity index (χ0v) is 8.42. The van der Waals surface area contributed by atoms with Crippen LogP contribution in [0.3, 0.4) is 0 Å². The molecule has 0 saturated carbocycles. The molecule has 0 saturated heterocycles. The Morgan fingerprint density at radius 3 is 2.42 bits per heavy atom. The summed E-state index contributed by atoms with van der Waals surface area (Å²) < 4.78 is 0. The zero-order valence-electron chi connectivity index (χ0n) is 8.42. The average Bonchev–Trinajstić information content (AvgIpc) is 1.85. The van der Waals surface area contributed by atoms with Crippen molar-refractivity contribution >= 4 is 0 Å². The number of hydrogen-bond donors (Lipinski definition) is 1. The third-order valence-electron chi connectivity index (χ3n) is 1.62. The second kappa shape index (κ2) is 5.22. The summed E-state index contributed by atoms with van der Waals surface area (Å²) in [6.45, 7) is 6.13. The van der Waals surface area contributed by atoms with Gasteiger partial charge in [-0.3, -0.25) is 0 Å². The van der Waals surface area contributed by atoms with Crippen molar-refractivity contribution < 1.29 is 0 Å². The van der Waals surface area contributed by atoms with Crippen LogP contribution in [0.25, 0.3) is 0 Å². The molecule has 0 amide bonds. The summed E-state index contributed by atoms with van der Waals surface area (Å²) >= 11 is 0. The second-order valence-corrected chi connectivity index (χ2v) is 3.90. The topological polar surface area (TPSA) is 44.7 Å². The molecule has 0 atom stereocenters. The molecule has 0 heterocycles. The Bertz CT molecular complexity index is 134. The van der Waals surface area contributed by atoms with Crippen molar-refractivity contribution in [3.63, 3.8) is 0 Å². The van der Waals surface area contributed by atoms with Gasteiger partial charge in [0.1, 0.15) is 0 Å². The van der Waals surface area contributed by atoms with Crippen molar-refractivity contribution in [1.29, 1.82) is 0 Å². The van der Waals surface area contributed by atoms with Gasteiger partial charge in [0, 0.05) is 18.6 Å². The van der Waals surface area contributed by atoms with Gasteiger partial charge in [0.15, 0.2) is 0 Å². The average molecular weight is 173 g/mol. The number of nitrogens with one attached hydrogen (secondary N) is 1. The fourth-order valence-corrected chi connectivity index (χ4v) is 0.835. The van der Waals surface area contributed by atoms with Crippen LogP contribution in [0.15, 0.2) is 5.18 Å². The first-order valence-electron chi connectivity index (χ1n) is 4.17. The molecular weight excluding hydrogens is 154 g/mol. The zero-order chi connectivity index (χ0) is 9.61. The molecule has 4 nitrogen and oxygen atoms in total. The minimum atomic E-state index is -0.169. The minimum absolute atomic E-state index is 0.169. The van der Waals surface area contributed by atoms with Crippen LogP contribution >= 0.6 is 0 Å². The van der Waals surface area contributed by atoms with Crippen LogP contribution in [0.5, 0.6) is 0 Å². The summed E-state index contributed by atoms with van der Waals surface area (Å²) in [6, 6.07) is 0. The monoisotopic (exact) mass is 173 g/mol. The Morgan fingerprint density at radius 2 is 2.00 bits per heavy atom. The van der Waals surface area contributed by atoms with Gasteiger partial charge in [-0.1, -0.05) is 5.18 Å². The van der Waals surface area contributed by atoms with Crippen molar-refractivity contribution in [2.75, 3.05) is 33.7 Å². The Kier molecular flexibility index (Phi) is 5.01. The highest BCUT2D eigenvalue weighted by atomic mass is 16.3. The van der Waals surface area contributed by atoms with Gasteiger partial charge in [-0.2, -0.15) is 4.91 Å². The maximum atomic E-state index is 10.0. The van der Waals surface area contributed by atoms with E-state index in [-0.39, 0.29) is 5.54 Å². The lowest BCUT2D eigenvalue weighted by Crippen LogP contribution is -2.44. The van der Waals surface area contributed by atoms with E-state index in [4.69, 9.17) is 0 Å². The molecule has 0 aromatic heterocycles. The van der Waals surface area contributed by atoms with E-state index in [0.717, 1.165) is 13.1 Å². The second-order valence-electron chi connectivity index (χ2n) is 3.90. The molecule has 0 aliphatic carbocycles. The lowest BCUT2D eigenvalue weighted by atomic mass is 10.1.